The van der Waals surface area contributed by atoms with Crippen LogP contribution in [0.4, 0.5) is 0 Å². The van der Waals surface area contributed by atoms with Gasteiger partial charge in [0.1, 0.15) is 6.10 Å². The summed E-state index contributed by atoms with van der Waals surface area (Å²) < 4.78 is 5.94. The van der Waals surface area contributed by atoms with Gasteiger partial charge in [-0.15, -0.1) is 12.4 Å². The monoisotopic (exact) mass is 355 g/mol. The lowest BCUT2D eigenvalue weighted by Gasteiger charge is -2.38. The number of benzene rings is 1. The summed E-state index contributed by atoms with van der Waals surface area (Å²) in [6.45, 7) is 6.86. The minimum absolute atomic E-state index is 0. The number of ether oxygens (including phenoxy) is 1. The molecule has 0 aliphatic carbocycles. The number of nitrogens with one attached hydrogen (secondary N) is 1. The fourth-order valence-corrected chi connectivity index (χ4v) is 2.75. The van der Waals surface area contributed by atoms with E-state index in [9.17, 15) is 9.59 Å². The van der Waals surface area contributed by atoms with Crippen LogP contribution in [0, 0.1) is 13.8 Å². The van der Waals surface area contributed by atoms with Crippen LogP contribution < -0.4 is 11.1 Å². The van der Waals surface area contributed by atoms with Gasteiger partial charge in [-0.2, -0.15) is 0 Å². The van der Waals surface area contributed by atoms with Gasteiger partial charge in [0, 0.05) is 0 Å². The Kier molecular flexibility index (Phi) is 7.66. The molecule has 1 aromatic carbocycles. The van der Waals surface area contributed by atoms with Crippen LogP contribution >= 0.6 is 12.4 Å². The summed E-state index contributed by atoms with van der Waals surface area (Å²) >= 11 is 0. The van der Waals surface area contributed by atoms with Crippen LogP contribution in [-0.4, -0.2) is 49.0 Å². The van der Waals surface area contributed by atoms with Gasteiger partial charge in [-0.05, 0) is 31.9 Å². The SMILES string of the molecule is Cc1ccc(C)c(C2CN(C(=O)CNC(=O)CN)C(C)CO2)c1.Cl. The maximum absolute atomic E-state index is 12.4. The fraction of sp³-hybridized carbons (Fsp3) is 0.529. The van der Waals surface area contributed by atoms with Gasteiger partial charge >= 0.3 is 0 Å². The number of hydrogen-bond donors (Lipinski definition) is 2. The average molecular weight is 356 g/mol. The van der Waals surface area contributed by atoms with Crippen molar-refractivity contribution in [3.8, 4) is 0 Å². The summed E-state index contributed by atoms with van der Waals surface area (Å²) in [5, 5.41) is 2.53. The van der Waals surface area contributed by atoms with E-state index in [1.165, 1.54) is 5.56 Å². The Bertz CT molecular complexity index is 594. The molecule has 0 radical (unpaired) electrons. The standard InChI is InChI=1S/C17H25N3O3.ClH/c1-11-4-5-12(2)14(6-11)15-9-20(13(3)10-23-15)17(22)8-19-16(21)7-18;/h4-6,13,15H,7-10,18H2,1-3H3,(H,19,21);1H. The quantitative estimate of drug-likeness (QED) is 0.846. The van der Waals surface area contributed by atoms with E-state index in [1.54, 1.807) is 4.90 Å². The van der Waals surface area contributed by atoms with Crippen LogP contribution in [0.3, 0.4) is 0 Å². The third-order valence-electron chi connectivity index (χ3n) is 4.16. The first-order chi connectivity index (χ1) is 10.9. The predicted molar refractivity (Wildman–Crippen MR) is 95.1 cm³/mol. The second-order valence-electron chi connectivity index (χ2n) is 6.06. The molecule has 2 amide bonds. The first-order valence-electron chi connectivity index (χ1n) is 7.87. The molecule has 1 aliphatic heterocycles. The molecular weight excluding hydrogens is 330 g/mol. The molecule has 0 saturated carbocycles. The van der Waals surface area contributed by atoms with Gasteiger partial charge in [-0.25, -0.2) is 0 Å². The number of aryl methyl sites for hydroxylation is 2. The first-order valence-corrected chi connectivity index (χ1v) is 7.87. The fourth-order valence-electron chi connectivity index (χ4n) is 2.75. The van der Waals surface area contributed by atoms with Crippen molar-refractivity contribution in [2.45, 2.75) is 32.9 Å². The van der Waals surface area contributed by atoms with E-state index in [1.807, 2.05) is 20.8 Å². The largest absolute Gasteiger partial charge is 0.370 e. The molecule has 2 unspecified atom stereocenters. The van der Waals surface area contributed by atoms with Crippen LogP contribution in [0.25, 0.3) is 0 Å². The molecule has 2 rings (SSSR count). The Balaban J connectivity index is 0.00000288. The number of hydrogen-bond acceptors (Lipinski definition) is 4. The van der Waals surface area contributed by atoms with Gasteiger partial charge in [0.2, 0.25) is 11.8 Å². The molecule has 7 heteroatoms. The maximum atomic E-state index is 12.4. The molecule has 24 heavy (non-hydrogen) atoms. The molecule has 1 aliphatic rings. The lowest BCUT2D eigenvalue weighted by molar-refractivity contribution is -0.144. The van der Waals surface area contributed by atoms with E-state index >= 15 is 0 Å². The number of carbonyl (C=O) groups excluding carboxylic acids is 2. The Morgan fingerprint density at radius 3 is 2.75 bits per heavy atom. The number of amides is 2. The molecular formula is C17H26ClN3O3. The smallest absolute Gasteiger partial charge is 0.242 e. The molecule has 3 N–H and O–H groups in total. The number of rotatable bonds is 4. The van der Waals surface area contributed by atoms with Crippen molar-refractivity contribution in [1.82, 2.24) is 10.2 Å². The highest BCUT2D eigenvalue weighted by molar-refractivity contribution is 5.86. The van der Waals surface area contributed by atoms with Crippen molar-refractivity contribution in [3.05, 3.63) is 34.9 Å². The van der Waals surface area contributed by atoms with E-state index in [4.69, 9.17) is 10.5 Å². The zero-order valence-corrected chi connectivity index (χ0v) is 15.2. The van der Waals surface area contributed by atoms with E-state index < -0.39 is 0 Å². The Labute approximate surface area is 149 Å². The lowest BCUT2D eigenvalue weighted by atomic mass is 9.99. The number of halogens is 1. The Morgan fingerprint density at radius 1 is 1.38 bits per heavy atom. The summed E-state index contributed by atoms with van der Waals surface area (Å²) in [4.78, 5) is 25.4. The highest BCUT2D eigenvalue weighted by Gasteiger charge is 2.31. The van der Waals surface area contributed by atoms with Crippen molar-refractivity contribution in [2.24, 2.45) is 5.73 Å². The van der Waals surface area contributed by atoms with E-state index in [-0.39, 0.29) is 49.5 Å². The summed E-state index contributed by atoms with van der Waals surface area (Å²) in [5.74, 6) is -0.441. The summed E-state index contributed by atoms with van der Waals surface area (Å²) in [6.07, 6.45) is -0.139. The second-order valence-corrected chi connectivity index (χ2v) is 6.06. The van der Waals surface area contributed by atoms with Crippen molar-refractivity contribution < 1.29 is 14.3 Å². The average Bonchev–Trinajstić information content (AvgIpc) is 2.55. The van der Waals surface area contributed by atoms with Gasteiger partial charge in [0.15, 0.2) is 0 Å². The number of nitrogens with zero attached hydrogens (tertiary/aromatic N) is 1. The number of morpholine rings is 1. The van der Waals surface area contributed by atoms with Gasteiger partial charge in [-0.1, -0.05) is 23.8 Å². The van der Waals surface area contributed by atoms with Crippen molar-refractivity contribution in [2.75, 3.05) is 26.2 Å². The number of nitrogens with two attached hydrogens (primary N) is 1. The Hall–Kier alpha value is -1.63. The molecule has 2 atom stereocenters. The maximum Gasteiger partial charge on any atom is 0.242 e. The van der Waals surface area contributed by atoms with Gasteiger partial charge in [-0.3, -0.25) is 9.59 Å². The van der Waals surface area contributed by atoms with Crippen LogP contribution in [0.2, 0.25) is 0 Å². The van der Waals surface area contributed by atoms with Gasteiger partial charge in [0.05, 0.1) is 32.3 Å². The normalized spacial score (nSPS) is 20.2. The highest BCUT2D eigenvalue weighted by atomic mass is 35.5. The van der Waals surface area contributed by atoms with E-state index in [2.05, 4.69) is 23.5 Å². The molecule has 134 valence electrons. The number of carbonyl (C=O) groups is 2. The molecule has 0 aromatic heterocycles. The molecule has 1 heterocycles. The van der Waals surface area contributed by atoms with Crippen LogP contribution in [0.5, 0.6) is 0 Å². The van der Waals surface area contributed by atoms with Crippen molar-refractivity contribution in [3.63, 3.8) is 0 Å². The molecule has 1 aromatic rings. The van der Waals surface area contributed by atoms with Crippen LogP contribution in [0.15, 0.2) is 18.2 Å². The third-order valence-corrected chi connectivity index (χ3v) is 4.16. The van der Waals surface area contributed by atoms with Crippen LogP contribution in [-0.2, 0) is 14.3 Å². The van der Waals surface area contributed by atoms with E-state index in [0.29, 0.717) is 13.2 Å². The highest BCUT2D eigenvalue weighted by Crippen LogP contribution is 2.28. The summed E-state index contributed by atoms with van der Waals surface area (Å²) in [7, 11) is 0. The topological polar surface area (TPSA) is 84.7 Å². The second kappa shape index (κ2) is 9.01. The first kappa shape index (κ1) is 20.4. The summed E-state index contributed by atoms with van der Waals surface area (Å²) in [5.41, 5.74) is 8.67. The zero-order valence-electron chi connectivity index (χ0n) is 14.4. The minimum atomic E-state index is -0.328. The molecule has 1 saturated heterocycles. The minimum Gasteiger partial charge on any atom is -0.370 e. The summed E-state index contributed by atoms with van der Waals surface area (Å²) in [6, 6.07) is 6.23. The van der Waals surface area contributed by atoms with E-state index in [0.717, 1.165) is 11.1 Å². The van der Waals surface area contributed by atoms with Gasteiger partial charge < -0.3 is 20.7 Å². The molecule has 0 spiro atoms. The van der Waals surface area contributed by atoms with Crippen LogP contribution in [0.1, 0.15) is 29.7 Å². The zero-order chi connectivity index (χ0) is 17.0. The molecule has 1 fully saturated rings. The van der Waals surface area contributed by atoms with Crippen molar-refractivity contribution >= 4 is 24.2 Å². The Morgan fingerprint density at radius 2 is 2.08 bits per heavy atom. The molecule has 6 nitrogen and oxygen atoms in total. The predicted octanol–water partition coefficient (Wildman–Crippen LogP) is 1.09. The van der Waals surface area contributed by atoms with Gasteiger partial charge in [0.25, 0.3) is 0 Å². The lowest BCUT2D eigenvalue weighted by Crippen LogP contribution is -2.51. The van der Waals surface area contributed by atoms with Crippen molar-refractivity contribution in [1.29, 1.82) is 0 Å². The molecule has 0 bridgehead atoms. The third kappa shape index (κ3) is 4.93.